The normalized spacial score (nSPS) is 31.0. The molecule has 60 valence electrons. The van der Waals surface area contributed by atoms with Crippen LogP contribution in [0, 0.1) is 0 Å². The Kier molecular flexibility index (Phi) is 1.42. The van der Waals surface area contributed by atoms with Crippen molar-refractivity contribution in [2.24, 2.45) is 0 Å². The number of hydrogen-bond acceptors (Lipinski definition) is 3. The Balaban J connectivity index is 2.27. The van der Waals surface area contributed by atoms with Gasteiger partial charge in [-0.1, -0.05) is 12.1 Å². The number of rotatable bonds is 1. The van der Waals surface area contributed by atoms with Crippen LogP contribution in [0.25, 0.3) is 0 Å². The summed E-state index contributed by atoms with van der Waals surface area (Å²) in [6, 6.07) is 0. The van der Waals surface area contributed by atoms with E-state index in [1.807, 2.05) is 6.20 Å². The summed E-state index contributed by atoms with van der Waals surface area (Å²) in [4.78, 5) is 0. The van der Waals surface area contributed by atoms with Gasteiger partial charge in [0.25, 0.3) is 0 Å². The van der Waals surface area contributed by atoms with Crippen LogP contribution in [0.1, 0.15) is 19.0 Å². The maximum atomic E-state index is 4.02. The predicted octanol–water partition coefficient (Wildman–Crippen LogP) is 0.0557. The summed E-state index contributed by atoms with van der Waals surface area (Å²) in [5.74, 6) is 0. The molecule has 4 heteroatoms. The Bertz CT molecular complexity index is 223. The number of aromatic amines is 1. The number of nitrogens with one attached hydrogen (secondary N) is 2. The summed E-state index contributed by atoms with van der Waals surface area (Å²) >= 11 is 0. The highest BCUT2D eigenvalue weighted by atomic mass is 15.3. The molecule has 11 heavy (non-hydrogen) atoms. The maximum Gasteiger partial charge on any atom is 0.0896 e. The molecule has 4 nitrogen and oxygen atoms in total. The first kappa shape index (κ1) is 6.79. The molecule has 0 radical (unpaired) electrons. The number of H-pyrrole nitrogens is 1. The first-order valence-electron chi connectivity index (χ1n) is 3.89. The first-order valence-corrected chi connectivity index (χ1v) is 3.89. The molecule has 2 N–H and O–H groups in total. The van der Waals surface area contributed by atoms with Crippen LogP contribution in [0.15, 0.2) is 6.20 Å². The van der Waals surface area contributed by atoms with Gasteiger partial charge < -0.3 is 5.32 Å². The third kappa shape index (κ3) is 1.03. The molecule has 1 fully saturated rings. The SMILES string of the molecule is CC1(c2c[nH]nn2)CCNC1. The standard InChI is InChI=1S/C7H12N4/c1-7(2-3-8-5-7)6-4-9-11-10-6/h4,8H,2-3,5H2,1H3,(H,9,10,11). The van der Waals surface area contributed by atoms with Crippen LogP contribution in [0.5, 0.6) is 0 Å². The van der Waals surface area contributed by atoms with Crippen LogP contribution in [-0.4, -0.2) is 28.5 Å². The van der Waals surface area contributed by atoms with Gasteiger partial charge in [-0.05, 0) is 13.0 Å². The van der Waals surface area contributed by atoms with Crippen LogP contribution in [0.3, 0.4) is 0 Å². The molecule has 1 unspecified atom stereocenters. The van der Waals surface area contributed by atoms with E-state index < -0.39 is 0 Å². The first-order chi connectivity index (χ1) is 5.31. The molecule has 0 saturated carbocycles. The fraction of sp³-hybridized carbons (Fsp3) is 0.714. The van der Waals surface area contributed by atoms with Crippen LogP contribution in [0.2, 0.25) is 0 Å². The molecular formula is C7H12N4. The summed E-state index contributed by atoms with van der Waals surface area (Å²) in [5.41, 5.74) is 1.27. The Morgan fingerprint density at radius 2 is 2.55 bits per heavy atom. The van der Waals surface area contributed by atoms with E-state index in [1.54, 1.807) is 0 Å². The molecule has 0 aliphatic carbocycles. The summed E-state index contributed by atoms with van der Waals surface area (Å²) in [6.45, 7) is 4.31. The van der Waals surface area contributed by atoms with Crippen molar-refractivity contribution in [3.8, 4) is 0 Å². The molecular weight excluding hydrogens is 140 g/mol. The van der Waals surface area contributed by atoms with Crippen molar-refractivity contribution in [2.75, 3.05) is 13.1 Å². The number of aromatic nitrogens is 3. The lowest BCUT2D eigenvalue weighted by Gasteiger charge is -2.18. The Hall–Kier alpha value is -0.900. The van der Waals surface area contributed by atoms with Crippen LogP contribution >= 0.6 is 0 Å². The van der Waals surface area contributed by atoms with Crippen LogP contribution in [-0.2, 0) is 5.41 Å². The van der Waals surface area contributed by atoms with Crippen molar-refractivity contribution in [1.29, 1.82) is 0 Å². The van der Waals surface area contributed by atoms with Crippen molar-refractivity contribution in [3.05, 3.63) is 11.9 Å². The zero-order chi connectivity index (χ0) is 7.73. The molecule has 0 amide bonds. The quantitative estimate of drug-likeness (QED) is 0.598. The maximum absolute atomic E-state index is 4.02. The summed E-state index contributed by atoms with van der Waals surface area (Å²) < 4.78 is 0. The fourth-order valence-corrected chi connectivity index (χ4v) is 1.53. The third-order valence-electron chi connectivity index (χ3n) is 2.40. The van der Waals surface area contributed by atoms with Crippen LogP contribution < -0.4 is 5.32 Å². The second-order valence-electron chi connectivity index (χ2n) is 3.35. The number of hydrogen-bond donors (Lipinski definition) is 2. The van der Waals surface area contributed by atoms with Crippen molar-refractivity contribution in [2.45, 2.75) is 18.8 Å². The predicted molar refractivity (Wildman–Crippen MR) is 41.2 cm³/mol. The Morgan fingerprint density at radius 1 is 1.64 bits per heavy atom. The van der Waals surface area contributed by atoms with E-state index in [-0.39, 0.29) is 5.41 Å². The van der Waals surface area contributed by atoms with E-state index in [9.17, 15) is 0 Å². The number of nitrogens with zero attached hydrogens (tertiary/aromatic N) is 2. The van der Waals surface area contributed by atoms with Gasteiger partial charge in [-0.15, -0.1) is 5.10 Å². The molecule has 0 aromatic carbocycles. The van der Waals surface area contributed by atoms with E-state index in [1.165, 1.54) is 0 Å². The van der Waals surface area contributed by atoms with Gasteiger partial charge in [0, 0.05) is 18.2 Å². The summed E-state index contributed by atoms with van der Waals surface area (Å²) in [5, 5.41) is 13.8. The second-order valence-corrected chi connectivity index (χ2v) is 3.35. The van der Waals surface area contributed by atoms with Gasteiger partial charge in [-0.3, -0.25) is 5.10 Å². The summed E-state index contributed by atoms with van der Waals surface area (Å²) in [7, 11) is 0. The highest BCUT2D eigenvalue weighted by Gasteiger charge is 2.32. The minimum absolute atomic E-state index is 0.201. The van der Waals surface area contributed by atoms with E-state index in [0.717, 1.165) is 25.2 Å². The van der Waals surface area contributed by atoms with Gasteiger partial charge in [0.15, 0.2) is 0 Å². The van der Waals surface area contributed by atoms with Gasteiger partial charge in [0.1, 0.15) is 0 Å². The highest BCUT2D eigenvalue weighted by Crippen LogP contribution is 2.27. The molecule has 1 aromatic heterocycles. The van der Waals surface area contributed by atoms with Crippen molar-refractivity contribution < 1.29 is 0 Å². The van der Waals surface area contributed by atoms with Gasteiger partial charge >= 0.3 is 0 Å². The molecule has 0 spiro atoms. The molecule has 1 aliphatic rings. The van der Waals surface area contributed by atoms with Gasteiger partial charge in [-0.25, -0.2) is 0 Å². The van der Waals surface area contributed by atoms with Crippen molar-refractivity contribution >= 4 is 0 Å². The zero-order valence-electron chi connectivity index (χ0n) is 6.59. The highest BCUT2D eigenvalue weighted by molar-refractivity contribution is 5.13. The van der Waals surface area contributed by atoms with E-state index in [4.69, 9.17) is 0 Å². The molecule has 0 bridgehead atoms. The Labute approximate surface area is 65.4 Å². The minimum atomic E-state index is 0.201. The average Bonchev–Trinajstić information content (AvgIpc) is 2.55. The Morgan fingerprint density at radius 3 is 3.09 bits per heavy atom. The molecule has 2 rings (SSSR count). The zero-order valence-corrected chi connectivity index (χ0v) is 6.59. The van der Waals surface area contributed by atoms with E-state index in [0.29, 0.717) is 0 Å². The molecule has 2 heterocycles. The second kappa shape index (κ2) is 2.30. The molecule has 1 atom stereocenters. The summed E-state index contributed by atoms with van der Waals surface area (Å²) in [6.07, 6.45) is 3.03. The molecule has 1 saturated heterocycles. The van der Waals surface area contributed by atoms with Gasteiger partial charge in [0.05, 0.1) is 5.69 Å². The lowest BCUT2D eigenvalue weighted by Crippen LogP contribution is -2.25. The van der Waals surface area contributed by atoms with E-state index >= 15 is 0 Å². The van der Waals surface area contributed by atoms with Crippen molar-refractivity contribution in [3.63, 3.8) is 0 Å². The van der Waals surface area contributed by atoms with Crippen molar-refractivity contribution in [1.82, 2.24) is 20.7 Å². The van der Waals surface area contributed by atoms with E-state index in [2.05, 4.69) is 27.7 Å². The van der Waals surface area contributed by atoms with Crippen LogP contribution in [0.4, 0.5) is 0 Å². The van der Waals surface area contributed by atoms with Gasteiger partial charge in [-0.2, -0.15) is 0 Å². The molecule has 1 aromatic rings. The largest absolute Gasteiger partial charge is 0.316 e. The minimum Gasteiger partial charge on any atom is -0.316 e. The lowest BCUT2D eigenvalue weighted by atomic mass is 9.87. The third-order valence-corrected chi connectivity index (χ3v) is 2.40. The van der Waals surface area contributed by atoms with Gasteiger partial charge in [0.2, 0.25) is 0 Å². The average molecular weight is 152 g/mol. The fourth-order valence-electron chi connectivity index (χ4n) is 1.53. The topological polar surface area (TPSA) is 53.6 Å². The monoisotopic (exact) mass is 152 g/mol. The smallest absolute Gasteiger partial charge is 0.0896 e. The lowest BCUT2D eigenvalue weighted by molar-refractivity contribution is 0.506. The molecule has 1 aliphatic heterocycles.